The van der Waals surface area contributed by atoms with Crippen LogP contribution in [0.3, 0.4) is 0 Å². The number of benzene rings is 1. The van der Waals surface area contributed by atoms with E-state index in [1.165, 1.54) is 11.3 Å². The molecule has 0 saturated carbocycles. The summed E-state index contributed by atoms with van der Waals surface area (Å²) >= 11 is 1.19. The Morgan fingerprint density at radius 3 is 2.48 bits per heavy atom. The number of carbonyl (C=O) groups is 2. The molecule has 25 heavy (non-hydrogen) atoms. The molecule has 1 aliphatic rings. The van der Waals surface area contributed by atoms with E-state index in [1.807, 2.05) is 11.0 Å². The van der Waals surface area contributed by atoms with Crippen molar-refractivity contribution >= 4 is 28.2 Å². The van der Waals surface area contributed by atoms with Gasteiger partial charge < -0.3 is 10.2 Å². The number of carbonyl (C=O) groups excluding carboxylic acids is 2. The highest BCUT2D eigenvalue weighted by Crippen LogP contribution is 2.34. The molecule has 6 heteroatoms. The predicted octanol–water partition coefficient (Wildman–Crippen LogP) is 3.81. The first kappa shape index (κ1) is 17.2. The first-order valence-electron chi connectivity index (χ1n) is 8.31. The fourth-order valence-corrected chi connectivity index (χ4v) is 4.07. The number of nitriles is 1. The fraction of sp³-hybridized carbons (Fsp3) is 0.316. The Balaban J connectivity index is 1.86. The summed E-state index contributed by atoms with van der Waals surface area (Å²) in [6.45, 7) is 3.28. The molecule has 1 aliphatic heterocycles. The molecular weight excluding hydrogens is 334 g/mol. The molecule has 1 saturated heterocycles. The van der Waals surface area contributed by atoms with Gasteiger partial charge in [-0.15, -0.1) is 11.3 Å². The lowest BCUT2D eigenvalue weighted by Crippen LogP contribution is -2.35. The van der Waals surface area contributed by atoms with Crippen LogP contribution in [0.1, 0.15) is 50.4 Å². The van der Waals surface area contributed by atoms with Crippen LogP contribution in [0.4, 0.5) is 5.00 Å². The number of rotatable bonds is 3. The highest BCUT2D eigenvalue weighted by atomic mass is 32.1. The minimum atomic E-state index is -0.282. The molecule has 3 rings (SSSR count). The van der Waals surface area contributed by atoms with Crippen molar-refractivity contribution in [3.8, 4) is 6.07 Å². The van der Waals surface area contributed by atoms with Crippen molar-refractivity contribution in [1.29, 1.82) is 5.26 Å². The second kappa shape index (κ2) is 7.49. The number of nitrogens with one attached hydrogen (secondary N) is 1. The van der Waals surface area contributed by atoms with Gasteiger partial charge in [-0.1, -0.05) is 18.2 Å². The van der Waals surface area contributed by atoms with Crippen molar-refractivity contribution in [2.75, 3.05) is 18.4 Å². The monoisotopic (exact) mass is 353 g/mol. The lowest BCUT2D eigenvalue weighted by atomic mass is 10.1. The average Bonchev–Trinajstić information content (AvgIpc) is 2.97. The molecule has 0 atom stereocenters. The molecule has 128 valence electrons. The number of hydrogen-bond acceptors (Lipinski definition) is 4. The Morgan fingerprint density at radius 1 is 1.16 bits per heavy atom. The Morgan fingerprint density at radius 2 is 1.84 bits per heavy atom. The van der Waals surface area contributed by atoms with Crippen LogP contribution < -0.4 is 5.32 Å². The average molecular weight is 353 g/mol. The Labute approximate surface area is 150 Å². The Hall–Kier alpha value is -2.65. The predicted molar refractivity (Wildman–Crippen MR) is 97.9 cm³/mol. The van der Waals surface area contributed by atoms with E-state index in [0.717, 1.165) is 32.4 Å². The summed E-state index contributed by atoms with van der Waals surface area (Å²) in [5, 5.41) is 12.7. The van der Waals surface area contributed by atoms with E-state index in [2.05, 4.69) is 11.4 Å². The van der Waals surface area contributed by atoms with E-state index in [9.17, 15) is 14.9 Å². The summed E-state index contributed by atoms with van der Waals surface area (Å²) < 4.78 is 0. The van der Waals surface area contributed by atoms with Crippen molar-refractivity contribution in [3.05, 3.63) is 51.9 Å². The van der Waals surface area contributed by atoms with Crippen molar-refractivity contribution < 1.29 is 9.59 Å². The zero-order valence-corrected chi connectivity index (χ0v) is 14.9. The number of nitrogens with zero attached hydrogens (tertiary/aromatic N) is 2. The third-order valence-electron chi connectivity index (χ3n) is 4.36. The van der Waals surface area contributed by atoms with Crippen LogP contribution in [0.15, 0.2) is 30.3 Å². The molecule has 0 radical (unpaired) electrons. The number of amides is 2. The van der Waals surface area contributed by atoms with Gasteiger partial charge in [0.05, 0.1) is 10.4 Å². The minimum absolute atomic E-state index is 0.0427. The first-order valence-corrected chi connectivity index (χ1v) is 9.12. The first-order chi connectivity index (χ1) is 12.1. The molecule has 1 aromatic carbocycles. The third-order valence-corrected chi connectivity index (χ3v) is 5.55. The molecule has 1 N–H and O–H groups in total. The molecule has 1 fully saturated rings. The summed E-state index contributed by atoms with van der Waals surface area (Å²) in [7, 11) is 0. The standard InChI is InChI=1S/C19H19N3O2S/c1-13-15(12-20)18(21-17(23)14-8-4-2-5-9-14)25-16(13)19(24)22-10-6-3-7-11-22/h2,4-5,8-9H,3,6-7,10-11H2,1H3,(H,21,23). The molecule has 1 aromatic heterocycles. The van der Waals surface area contributed by atoms with E-state index in [0.29, 0.717) is 26.6 Å². The lowest BCUT2D eigenvalue weighted by molar-refractivity contribution is 0.0728. The summed E-state index contributed by atoms with van der Waals surface area (Å²) in [6, 6.07) is 10.9. The second-order valence-electron chi connectivity index (χ2n) is 6.05. The van der Waals surface area contributed by atoms with E-state index in [4.69, 9.17) is 0 Å². The van der Waals surface area contributed by atoms with Gasteiger partial charge in [0, 0.05) is 18.7 Å². The fourth-order valence-electron chi connectivity index (χ4n) is 2.95. The van der Waals surface area contributed by atoms with E-state index < -0.39 is 0 Å². The molecular formula is C19H19N3O2S. The maximum absolute atomic E-state index is 12.8. The van der Waals surface area contributed by atoms with E-state index >= 15 is 0 Å². The number of likely N-dealkylation sites (tertiary alicyclic amines) is 1. The van der Waals surface area contributed by atoms with Gasteiger partial charge in [0.25, 0.3) is 11.8 Å². The zero-order valence-electron chi connectivity index (χ0n) is 14.0. The van der Waals surface area contributed by atoms with Gasteiger partial charge in [-0.2, -0.15) is 5.26 Å². The maximum Gasteiger partial charge on any atom is 0.264 e. The molecule has 5 nitrogen and oxygen atoms in total. The number of hydrogen-bond donors (Lipinski definition) is 1. The summed E-state index contributed by atoms with van der Waals surface area (Å²) in [5.41, 5.74) is 1.53. The molecule has 0 aliphatic carbocycles. The van der Waals surface area contributed by atoms with Gasteiger partial charge in [0.2, 0.25) is 0 Å². The summed E-state index contributed by atoms with van der Waals surface area (Å²) in [5.74, 6) is -0.325. The van der Waals surface area contributed by atoms with Crippen LogP contribution in [-0.2, 0) is 0 Å². The highest BCUT2D eigenvalue weighted by molar-refractivity contribution is 7.18. The Kier molecular flexibility index (Phi) is 5.15. The van der Waals surface area contributed by atoms with Gasteiger partial charge in [-0.3, -0.25) is 9.59 Å². The van der Waals surface area contributed by atoms with Gasteiger partial charge in [-0.05, 0) is 43.9 Å². The normalized spacial score (nSPS) is 14.0. The van der Waals surface area contributed by atoms with E-state index in [-0.39, 0.29) is 11.8 Å². The van der Waals surface area contributed by atoms with Crippen LogP contribution in [0.2, 0.25) is 0 Å². The van der Waals surface area contributed by atoms with Gasteiger partial charge >= 0.3 is 0 Å². The molecule has 0 spiro atoms. The van der Waals surface area contributed by atoms with Crippen molar-refractivity contribution in [1.82, 2.24) is 4.90 Å². The van der Waals surface area contributed by atoms with Gasteiger partial charge in [0.1, 0.15) is 11.1 Å². The van der Waals surface area contributed by atoms with Crippen LogP contribution in [0.25, 0.3) is 0 Å². The SMILES string of the molecule is Cc1c(C(=O)N2CCCCC2)sc(NC(=O)c2ccccc2)c1C#N. The van der Waals surface area contributed by atoms with Crippen molar-refractivity contribution in [2.24, 2.45) is 0 Å². The second-order valence-corrected chi connectivity index (χ2v) is 7.07. The minimum Gasteiger partial charge on any atom is -0.338 e. The van der Waals surface area contributed by atoms with E-state index in [1.54, 1.807) is 31.2 Å². The smallest absolute Gasteiger partial charge is 0.264 e. The number of piperidine rings is 1. The largest absolute Gasteiger partial charge is 0.338 e. The maximum atomic E-state index is 12.8. The van der Waals surface area contributed by atoms with Crippen LogP contribution >= 0.6 is 11.3 Å². The molecule has 2 aromatic rings. The van der Waals surface area contributed by atoms with Crippen molar-refractivity contribution in [2.45, 2.75) is 26.2 Å². The van der Waals surface area contributed by atoms with Crippen molar-refractivity contribution in [3.63, 3.8) is 0 Å². The third kappa shape index (κ3) is 3.57. The topological polar surface area (TPSA) is 73.2 Å². The van der Waals surface area contributed by atoms with Gasteiger partial charge in [0.15, 0.2) is 0 Å². The number of anilines is 1. The number of thiophene rings is 1. The molecule has 2 heterocycles. The lowest BCUT2D eigenvalue weighted by Gasteiger charge is -2.26. The van der Waals surface area contributed by atoms with Crippen LogP contribution in [0, 0.1) is 18.3 Å². The van der Waals surface area contributed by atoms with Gasteiger partial charge in [-0.25, -0.2) is 0 Å². The zero-order chi connectivity index (χ0) is 17.8. The van der Waals surface area contributed by atoms with Crippen LogP contribution in [-0.4, -0.2) is 29.8 Å². The summed E-state index contributed by atoms with van der Waals surface area (Å²) in [4.78, 5) is 27.5. The quantitative estimate of drug-likeness (QED) is 0.912. The molecule has 0 bridgehead atoms. The molecule has 2 amide bonds. The van der Waals surface area contributed by atoms with Crippen LogP contribution in [0.5, 0.6) is 0 Å². The highest BCUT2D eigenvalue weighted by Gasteiger charge is 2.26. The molecule has 0 unspecified atom stereocenters. The Bertz CT molecular complexity index is 830. The summed E-state index contributed by atoms with van der Waals surface area (Å²) in [6.07, 6.45) is 3.17.